The summed E-state index contributed by atoms with van der Waals surface area (Å²) in [6, 6.07) is 4.66. The van der Waals surface area contributed by atoms with Crippen molar-refractivity contribution in [1.29, 1.82) is 0 Å². The Morgan fingerprint density at radius 2 is 2.00 bits per heavy atom. The molecule has 0 radical (unpaired) electrons. The van der Waals surface area contributed by atoms with Crippen molar-refractivity contribution in [2.24, 2.45) is 5.92 Å². The Balaban J connectivity index is 1.91. The van der Waals surface area contributed by atoms with E-state index in [9.17, 15) is 23.1 Å². The van der Waals surface area contributed by atoms with Crippen LogP contribution in [0.1, 0.15) is 17.5 Å². The number of aliphatic hydroxyl groups is 1. The second-order valence-electron chi connectivity index (χ2n) is 5.64. The van der Waals surface area contributed by atoms with Crippen LogP contribution in [0.15, 0.2) is 24.3 Å². The van der Waals surface area contributed by atoms with E-state index in [2.05, 4.69) is 5.32 Å². The van der Waals surface area contributed by atoms with Gasteiger partial charge in [-0.25, -0.2) is 0 Å². The molecule has 0 bridgehead atoms. The molecule has 1 amide bonds. The van der Waals surface area contributed by atoms with E-state index in [0.717, 1.165) is 18.7 Å². The van der Waals surface area contributed by atoms with Crippen molar-refractivity contribution in [3.05, 3.63) is 35.4 Å². The Hall–Kier alpha value is -1.60. The van der Waals surface area contributed by atoms with Gasteiger partial charge >= 0.3 is 6.18 Å². The summed E-state index contributed by atoms with van der Waals surface area (Å²) >= 11 is 0. The Morgan fingerprint density at radius 3 is 2.59 bits per heavy atom. The van der Waals surface area contributed by atoms with Crippen LogP contribution in [0, 0.1) is 5.92 Å². The summed E-state index contributed by atoms with van der Waals surface area (Å²) in [5.41, 5.74) is -0.132. The van der Waals surface area contributed by atoms with Crippen molar-refractivity contribution in [2.75, 3.05) is 20.1 Å². The Kier molecular flexibility index (Phi) is 5.08. The summed E-state index contributed by atoms with van der Waals surface area (Å²) in [4.78, 5) is 14.0. The zero-order chi connectivity index (χ0) is 16.3. The molecule has 1 aromatic rings. The van der Waals surface area contributed by atoms with Crippen LogP contribution in [0.2, 0.25) is 0 Å². The number of nitrogens with one attached hydrogen (secondary N) is 1. The number of carbonyl (C=O) groups excluding carboxylic acids is 1. The smallest absolute Gasteiger partial charge is 0.392 e. The molecule has 22 heavy (non-hydrogen) atoms. The van der Waals surface area contributed by atoms with Gasteiger partial charge < -0.3 is 15.3 Å². The molecular weight excluding hydrogens is 297 g/mol. The molecule has 2 rings (SSSR count). The summed E-state index contributed by atoms with van der Waals surface area (Å²) in [6.07, 6.45) is -4.50. The van der Waals surface area contributed by atoms with Crippen LogP contribution >= 0.6 is 0 Å². The van der Waals surface area contributed by atoms with Crippen molar-refractivity contribution in [2.45, 2.75) is 25.2 Å². The first-order chi connectivity index (χ1) is 10.3. The largest absolute Gasteiger partial charge is 0.416 e. The zero-order valence-corrected chi connectivity index (χ0v) is 12.2. The molecule has 7 heteroatoms. The molecule has 4 nitrogen and oxygen atoms in total. The summed E-state index contributed by atoms with van der Waals surface area (Å²) in [6.45, 7) is 1.35. The van der Waals surface area contributed by atoms with E-state index in [1.165, 1.54) is 12.1 Å². The van der Waals surface area contributed by atoms with Crippen LogP contribution in [0.25, 0.3) is 0 Å². The normalized spacial score (nSPS) is 23.3. The Bertz CT molecular complexity index is 517. The minimum Gasteiger partial charge on any atom is -0.392 e. The predicted molar refractivity (Wildman–Crippen MR) is 74.9 cm³/mol. The minimum atomic E-state index is -4.36. The number of hydrogen-bond donors (Lipinski definition) is 2. The molecule has 1 aromatic carbocycles. The topological polar surface area (TPSA) is 52.6 Å². The van der Waals surface area contributed by atoms with Gasteiger partial charge in [-0.1, -0.05) is 12.1 Å². The van der Waals surface area contributed by atoms with Crippen LogP contribution in [0.5, 0.6) is 0 Å². The number of alkyl halides is 3. The lowest BCUT2D eigenvalue weighted by Gasteiger charge is -2.32. The molecular formula is C15H19F3N2O2. The van der Waals surface area contributed by atoms with Crippen molar-refractivity contribution >= 4 is 5.91 Å². The molecule has 0 unspecified atom stereocenters. The van der Waals surface area contributed by atoms with Crippen LogP contribution in [-0.4, -0.2) is 42.2 Å². The Labute approximate surface area is 126 Å². The molecule has 0 saturated carbocycles. The lowest BCUT2D eigenvalue weighted by atomic mass is 9.94. The molecule has 2 atom stereocenters. The number of halogens is 3. The molecule has 0 aromatic heterocycles. The average molecular weight is 316 g/mol. The second kappa shape index (κ2) is 6.66. The van der Waals surface area contributed by atoms with E-state index in [4.69, 9.17) is 0 Å². The number of carbonyl (C=O) groups is 1. The number of nitrogens with zero attached hydrogens (tertiary/aromatic N) is 1. The van der Waals surface area contributed by atoms with E-state index in [-0.39, 0.29) is 12.5 Å². The van der Waals surface area contributed by atoms with Crippen LogP contribution in [-0.2, 0) is 17.5 Å². The molecule has 1 aliphatic rings. The monoisotopic (exact) mass is 316 g/mol. The van der Waals surface area contributed by atoms with Gasteiger partial charge in [0.15, 0.2) is 0 Å². The second-order valence-corrected chi connectivity index (χ2v) is 5.64. The fourth-order valence-corrected chi connectivity index (χ4v) is 2.49. The molecule has 122 valence electrons. The SMILES string of the molecule is CN1CC[C@@H](O)[C@H](C(=O)NCc2ccc(C(F)(F)F)cc2)C1. The lowest BCUT2D eigenvalue weighted by Crippen LogP contribution is -2.48. The van der Waals surface area contributed by atoms with Crippen molar-refractivity contribution < 1.29 is 23.1 Å². The highest BCUT2D eigenvalue weighted by Crippen LogP contribution is 2.29. The highest BCUT2D eigenvalue weighted by atomic mass is 19.4. The fraction of sp³-hybridized carbons (Fsp3) is 0.533. The predicted octanol–water partition coefficient (Wildman–Crippen LogP) is 1.63. The van der Waals surface area contributed by atoms with Gasteiger partial charge in [-0.3, -0.25) is 4.79 Å². The molecule has 2 N–H and O–H groups in total. The number of piperidine rings is 1. The number of benzene rings is 1. The van der Waals surface area contributed by atoms with Crippen molar-refractivity contribution in [1.82, 2.24) is 10.2 Å². The van der Waals surface area contributed by atoms with Crippen LogP contribution in [0.4, 0.5) is 13.2 Å². The molecule has 1 aliphatic heterocycles. The third-order valence-electron chi connectivity index (χ3n) is 3.86. The molecule has 1 fully saturated rings. The van der Waals surface area contributed by atoms with E-state index in [0.29, 0.717) is 18.5 Å². The fourth-order valence-electron chi connectivity index (χ4n) is 2.49. The van der Waals surface area contributed by atoms with E-state index < -0.39 is 23.8 Å². The summed E-state index contributed by atoms with van der Waals surface area (Å²) in [5.74, 6) is -0.785. The number of hydrogen-bond acceptors (Lipinski definition) is 3. The van der Waals surface area contributed by atoms with E-state index >= 15 is 0 Å². The van der Waals surface area contributed by atoms with Gasteiger partial charge in [0.2, 0.25) is 5.91 Å². The summed E-state index contributed by atoms with van der Waals surface area (Å²) in [5, 5.41) is 12.5. The molecule has 1 heterocycles. The van der Waals surface area contributed by atoms with Gasteiger partial charge in [0, 0.05) is 19.6 Å². The van der Waals surface area contributed by atoms with E-state index in [1.54, 1.807) is 0 Å². The summed E-state index contributed by atoms with van der Waals surface area (Å²) in [7, 11) is 1.88. The number of amides is 1. The average Bonchev–Trinajstić information content (AvgIpc) is 2.47. The lowest BCUT2D eigenvalue weighted by molar-refractivity contribution is -0.137. The van der Waals surface area contributed by atoms with Crippen molar-refractivity contribution in [3.63, 3.8) is 0 Å². The third-order valence-corrected chi connectivity index (χ3v) is 3.86. The minimum absolute atomic E-state index is 0.143. The maximum absolute atomic E-state index is 12.5. The van der Waals surface area contributed by atoms with Crippen LogP contribution < -0.4 is 5.32 Å². The highest BCUT2D eigenvalue weighted by molar-refractivity contribution is 5.79. The van der Waals surface area contributed by atoms with E-state index in [1.807, 2.05) is 11.9 Å². The molecule has 1 saturated heterocycles. The van der Waals surface area contributed by atoms with Gasteiger partial charge in [0.25, 0.3) is 0 Å². The van der Waals surface area contributed by atoms with Crippen molar-refractivity contribution in [3.8, 4) is 0 Å². The van der Waals surface area contributed by atoms with Gasteiger partial charge in [-0.15, -0.1) is 0 Å². The van der Waals surface area contributed by atoms with Crippen LogP contribution in [0.3, 0.4) is 0 Å². The van der Waals surface area contributed by atoms with Gasteiger partial charge in [-0.05, 0) is 31.2 Å². The molecule has 0 spiro atoms. The highest BCUT2D eigenvalue weighted by Gasteiger charge is 2.32. The first kappa shape index (κ1) is 16.8. The maximum Gasteiger partial charge on any atom is 0.416 e. The van der Waals surface area contributed by atoms with Gasteiger partial charge in [0.05, 0.1) is 17.6 Å². The summed E-state index contributed by atoms with van der Waals surface area (Å²) < 4.78 is 37.4. The standard InChI is InChI=1S/C15H19F3N2O2/c1-20-7-6-13(21)12(9-20)14(22)19-8-10-2-4-11(5-3-10)15(16,17)18/h2-5,12-13,21H,6-9H2,1H3,(H,19,22)/t12-,13-/m1/s1. The number of likely N-dealkylation sites (tertiary alicyclic amines) is 1. The molecule has 0 aliphatic carbocycles. The third kappa shape index (κ3) is 4.20. The number of aliphatic hydroxyl groups excluding tert-OH is 1. The zero-order valence-electron chi connectivity index (χ0n) is 12.2. The van der Waals surface area contributed by atoms with Gasteiger partial charge in [-0.2, -0.15) is 13.2 Å². The maximum atomic E-state index is 12.5. The Morgan fingerprint density at radius 1 is 1.36 bits per heavy atom. The quantitative estimate of drug-likeness (QED) is 0.891. The first-order valence-electron chi connectivity index (χ1n) is 7.08. The number of rotatable bonds is 3. The first-order valence-corrected chi connectivity index (χ1v) is 7.08. The van der Waals surface area contributed by atoms with Gasteiger partial charge in [0.1, 0.15) is 0 Å².